The van der Waals surface area contributed by atoms with Crippen LogP contribution in [0.15, 0.2) is 0 Å². The Labute approximate surface area is 85.6 Å². The van der Waals surface area contributed by atoms with Gasteiger partial charge in [-0.25, -0.2) is 4.98 Å². The molecule has 0 N–H and O–H groups in total. The SMILES string of the molecule is Cc1nc(C2(C)OCCO2)sc1Cl. The first-order chi connectivity index (χ1) is 6.12. The van der Waals surface area contributed by atoms with Crippen LogP contribution in [0.4, 0.5) is 0 Å². The first-order valence-electron chi connectivity index (χ1n) is 4.03. The van der Waals surface area contributed by atoms with Gasteiger partial charge < -0.3 is 9.47 Å². The minimum absolute atomic E-state index is 0.618. The molecule has 0 radical (unpaired) electrons. The fourth-order valence-electron chi connectivity index (χ4n) is 1.21. The number of hydrogen-bond acceptors (Lipinski definition) is 4. The van der Waals surface area contributed by atoms with Crippen molar-refractivity contribution in [2.24, 2.45) is 0 Å². The second kappa shape index (κ2) is 3.20. The third-order valence-corrected chi connectivity index (χ3v) is 3.60. The Bertz CT molecular complexity index is 300. The summed E-state index contributed by atoms with van der Waals surface area (Å²) in [5, 5.41) is 0.799. The second-order valence-corrected chi connectivity index (χ2v) is 4.62. The van der Waals surface area contributed by atoms with Gasteiger partial charge in [0.15, 0.2) is 5.01 Å². The Hall–Kier alpha value is -0.160. The Kier molecular flexibility index (Phi) is 2.32. The summed E-state index contributed by atoms with van der Waals surface area (Å²) in [5.74, 6) is -0.678. The number of nitrogens with zero attached hydrogens (tertiary/aromatic N) is 1. The van der Waals surface area contributed by atoms with Gasteiger partial charge in [0.1, 0.15) is 4.34 Å². The number of aryl methyl sites for hydroxylation is 1. The van der Waals surface area contributed by atoms with Crippen molar-refractivity contribution < 1.29 is 9.47 Å². The topological polar surface area (TPSA) is 31.4 Å². The van der Waals surface area contributed by atoms with Gasteiger partial charge in [0.2, 0.25) is 5.79 Å². The van der Waals surface area contributed by atoms with Crippen LogP contribution < -0.4 is 0 Å². The van der Waals surface area contributed by atoms with Gasteiger partial charge in [0.25, 0.3) is 0 Å². The van der Waals surface area contributed by atoms with Crippen LogP contribution in [0.5, 0.6) is 0 Å². The molecule has 72 valence electrons. The van der Waals surface area contributed by atoms with Gasteiger partial charge in [-0.2, -0.15) is 0 Å². The van der Waals surface area contributed by atoms with E-state index >= 15 is 0 Å². The van der Waals surface area contributed by atoms with Gasteiger partial charge in [-0.1, -0.05) is 11.6 Å². The van der Waals surface area contributed by atoms with Crippen LogP contribution in [0.1, 0.15) is 17.6 Å². The first kappa shape index (κ1) is 9.40. The highest BCUT2D eigenvalue weighted by Crippen LogP contribution is 2.36. The third-order valence-electron chi connectivity index (χ3n) is 1.97. The lowest BCUT2D eigenvalue weighted by molar-refractivity contribution is -0.149. The highest BCUT2D eigenvalue weighted by molar-refractivity contribution is 7.16. The summed E-state index contributed by atoms with van der Waals surface area (Å²) >= 11 is 7.33. The van der Waals surface area contributed by atoms with Crippen molar-refractivity contribution in [2.45, 2.75) is 19.6 Å². The molecule has 13 heavy (non-hydrogen) atoms. The Morgan fingerprint density at radius 3 is 2.54 bits per heavy atom. The van der Waals surface area contributed by atoms with Crippen molar-refractivity contribution in [2.75, 3.05) is 13.2 Å². The van der Waals surface area contributed by atoms with Gasteiger partial charge in [-0.15, -0.1) is 11.3 Å². The predicted octanol–water partition coefficient (Wildman–Crippen LogP) is 2.32. The minimum atomic E-state index is -0.678. The van der Waals surface area contributed by atoms with Crippen molar-refractivity contribution in [3.63, 3.8) is 0 Å². The molecule has 1 aliphatic rings. The molecule has 0 unspecified atom stereocenters. The smallest absolute Gasteiger partial charge is 0.219 e. The molecule has 1 saturated heterocycles. The number of halogens is 1. The van der Waals surface area contributed by atoms with Crippen LogP contribution >= 0.6 is 22.9 Å². The fourth-order valence-corrected chi connectivity index (χ4v) is 2.32. The summed E-state index contributed by atoms with van der Waals surface area (Å²) in [4.78, 5) is 4.30. The van der Waals surface area contributed by atoms with Crippen LogP contribution in [0, 0.1) is 6.92 Å². The van der Waals surface area contributed by atoms with Crippen LogP contribution in [-0.2, 0) is 15.3 Å². The summed E-state index contributed by atoms with van der Waals surface area (Å²) in [6.45, 7) is 4.98. The van der Waals surface area contributed by atoms with E-state index in [0.717, 1.165) is 10.7 Å². The monoisotopic (exact) mass is 219 g/mol. The van der Waals surface area contributed by atoms with Crippen LogP contribution in [0.25, 0.3) is 0 Å². The van der Waals surface area contributed by atoms with E-state index in [4.69, 9.17) is 21.1 Å². The Morgan fingerprint density at radius 1 is 1.46 bits per heavy atom. The van der Waals surface area contributed by atoms with E-state index in [1.807, 2.05) is 13.8 Å². The average molecular weight is 220 g/mol. The fraction of sp³-hybridized carbons (Fsp3) is 0.625. The molecule has 0 aliphatic carbocycles. The van der Waals surface area contributed by atoms with E-state index in [1.54, 1.807) is 0 Å². The number of ether oxygens (including phenoxy) is 2. The van der Waals surface area contributed by atoms with Gasteiger partial charge in [-0.05, 0) is 13.8 Å². The number of rotatable bonds is 1. The quantitative estimate of drug-likeness (QED) is 0.727. The van der Waals surface area contributed by atoms with Crippen molar-refractivity contribution in [1.29, 1.82) is 0 Å². The molecule has 3 nitrogen and oxygen atoms in total. The molecular weight excluding hydrogens is 210 g/mol. The third kappa shape index (κ3) is 1.59. The molecule has 2 heterocycles. The van der Waals surface area contributed by atoms with E-state index < -0.39 is 5.79 Å². The number of aromatic nitrogens is 1. The molecule has 0 amide bonds. The molecule has 0 aromatic carbocycles. The molecule has 1 fully saturated rings. The minimum Gasteiger partial charge on any atom is -0.342 e. The second-order valence-electron chi connectivity index (χ2n) is 3.02. The Balaban J connectivity index is 2.34. The highest BCUT2D eigenvalue weighted by atomic mass is 35.5. The maximum Gasteiger partial charge on any atom is 0.219 e. The molecule has 1 aliphatic heterocycles. The van der Waals surface area contributed by atoms with Crippen molar-refractivity contribution in [1.82, 2.24) is 4.98 Å². The van der Waals surface area contributed by atoms with E-state index in [2.05, 4.69) is 4.98 Å². The van der Waals surface area contributed by atoms with Crippen molar-refractivity contribution in [3.05, 3.63) is 15.0 Å². The molecule has 5 heteroatoms. The lowest BCUT2D eigenvalue weighted by atomic mass is 10.3. The van der Waals surface area contributed by atoms with Gasteiger partial charge in [-0.3, -0.25) is 0 Å². The molecule has 0 saturated carbocycles. The molecule has 1 aromatic heterocycles. The van der Waals surface area contributed by atoms with Crippen LogP contribution in [-0.4, -0.2) is 18.2 Å². The summed E-state index contributed by atoms with van der Waals surface area (Å²) in [6, 6.07) is 0. The van der Waals surface area contributed by atoms with E-state index in [-0.39, 0.29) is 0 Å². The van der Waals surface area contributed by atoms with Crippen molar-refractivity contribution in [3.8, 4) is 0 Å². The molecule has 0 atom stereocenters. The molecule has 2 rings (SSSR count). The highest BCUT2D eigenvalue weighted by Gasteiger charge is 2.36. The molecule has 1 aromatic rings. The standard InChI is InChI=1S/C8H10ClNO2S/c1-5-6(9)13-7(10-5)8(2)11-3-4-12-8/h3-4H2,1-2H3. The molecule has 0 bridgehead atoms. The Morgan fingerprint density at radius 2 is 2.08 bits per heavy atom. The summed E-state index contributed by atoms with van der Waals surface area (Å²) in [7, 11) is 0. The number of hydrogen-bond donors (Lipinski definition) is 0. The van der Waals surface area contributed by atoms with E-state index in [0.29, 0.717) is 17.6 Å². The zero-order chi connectivity index (χ0) is 9.47. The van der Waals surface area contributed by atoms with Gasteiger partial charge in [0.05, 0.1) is 18.9 Å². The van der Waals surface area contributed by atoms with Gasteiger partial charge in [0, 0.05) is 0 Å². The zero-order valence-corrected chi connectivity index (χ0v) is 9.04. The van der Waals surface area contributed by atoms with E-state index in [1.165, 1.54) is 11.3 Å². The summed E-state index contributed by atoms with van der Waals surface area (Å²) < 4.78 is 11.6. The summed E-state index contributed by atoms with van der Waals surface area (Å²) in [5.41, 5.74) is 0.835. The first-order valence-corrected chi connectivity index (χ1v) is 5.22. The molecule has 0 spiro atoms. The normalized spacial score (nSPS) is 20.8. The number of thiazole rings is 1. The average Bonchev–Trinajstić information content (AvgIpc) is 2.62. The lowest BCUT2D eigenvalue weighted by Crippen LogP contribution is -2.21. The summed E-state index contributed by atoms with van der Waals surface area (Å²) in [6.07, 6.45) is 0. The van der Waals surface area contributed by atoms with Crippen LogP contribution in [0.3, 0.4) is 0 Å². The van der Waals surface area contributed by atoms with Crippen LogP contribution in [0.2, 0.25) is 4.34 Å². The predicted molar refractivity (Wildman–Crippen MR) is 51.1 cm³/mol. The van der Waals surface area contributed by atoms with Gasteiger partial charge >= 0.3 is 0 Å². The lowest BCUT2D eigenvalue weighted by Gasteiger charge is -2.18. The molecular formula is C8H10ClNO2S. The van der Waals surface area contributed by atoms with Crippen molar-refractivity contribution >= 4 is 22.9 Å². The maximum absolute atomic E-state index is 5.91. The largest absolute Gasteiger partial charge is 0.342 e. The van der Waals surface area contributed by atoms with E-state index in [9.17, 15) is 0 Å². The zero-order valence-electron chi connectivity index (χ0n) is 7.46. The maximum atomic E-state index is 5.91.